The molecule has 94 valence electrons. The summed E-state index contributed by atoms with van der Waals surface area (Å²) in [5.74, 6) is 0.293. The number of hydrogen-bond acceptors (Lipinski definition) is 1. The Labute approximate surface area is 101 Å². The summed E-state index contributed by atoms with van der Waals surface area (Å²) in [6.07, 6.45) is 7.95. The fourth-order valence-corrected chi connectivity index (χ4v) is 3.40. The normalized spacial score (nSPS) is 23.6. The van der Waals surface area contributed by atoms with E-state index in [1.54, 1.807) is 0 Å². The third kappa shape index (κ3) is 2.20. The van der Waals surface area contributed by atoms with Crippen molar-refractivity contribution in [2.45, 2.75) is 66.4 Å². The Morgan fingerprint density at radius 1 is 1.00 bits per heavy atom. The highest BCUT2D eigenvalue weighted by Crippen LogP contribution is 2.51. The van der Waals surface area contributed by atoms with Crippen LogP contribution in [0.25, 0.3) is 0 Å². The minimum atomic E-state index is -0.642. The van der Waals surface area contributed by atoms with Gasteiger partial charge in [0, 0.05) is 5.92 Å². The van der Waals surface area contributed by atoms with Gasteiger partial charge in [-0.05, 0) is 30.1 Å². The van der Waals surface area contributed by atoms with Gasteiger partial charge in [-0.15, -0.1) is 0 Å². The van der Waals surface area contributed by atoms with Crippen LogP contribution in [0.1, 0.15) is 60.8 Å². The first kappa shape index (κ1) is 13.8. The van der Waals surface area contributed by atoms with E-state index in [0.717, 1.165) is 6.42 Å². The van der Waals surface area contributed by atoms with Gasteiger partial charge in [0.1, 0.15) is 0 Å². The van der Waals surface area contributed by atoms with E-state index in [4.69, 9.17) is 0 Å². The van der Waals surface area contributed by atoms with Crippen molar-refractivity contribution < 1.29 is 5.11 Å². The van der Waals surface area contributed by atoms with E-state index < -0.39 is 5.60 Å². The third-order valence-corrected chi connectivity index (χ3v) is 4.08. The summed E-state index contributed by atoms with van der Waals surface area (Å²) in [6, 6.07) is 0. The van der Waals surface area contributed by atoms with Crippen molar-refractivity contribution in [3.8, 4) is 0 Å². The minimum absolute atomic E-state index is 0.0996. The molecule has 0 aliphatic heterocycles. The van der Waals surface area contributed by atoms with Gasteiger partial charge >= 0.3 is 0 Å². The molecule has 0 bridgehead atoms. The highest BCUT2D eigenvalue weighted by Gasteiger charge is 2.53. The largest absolute Gasteiger partial charge is 0.388 e. The molecule has 0 spiro atoms. The zero-order valence-corrected chi connectivity index (χ0v) is 11.8. The molecular formula is C15H28O. The van der Waals surface area contributed by atoms with Gasteiger partial charge in [-0.25, -0.2) is 0 Å². The van der Waals surface area contributed by atoms with Crippen molar-refractivity contribution in [1.29, 1.82) is 0 Å². The fraction of sp³-hybridized carbons (Fsp3) is 0.867. The molecule has 1 N–H and O–H groups in total. The lowest BCUT2D eigenvalue weighted by Gasteiger charge is -2.54. The van der Waals surface area contributed by atoms with E-state index in [0.29, 0.717) is 5.92 Å². The first-order chi connectivity index (χ1) is 7.11. The van der Waals surface area contributed by atoms with Crippen LogP contribution in [-0.4, -0.2) is 10.7 Å². The second-order valence-corrected chi connectivity index (χ2v) is 7.23. The summed E-state index contributed by atoms with van der Waals surface area (Å²) >= 11 is 0. The molecule has 0 heterocycles. The van der Waals surface area contributed by atoms with Gasteiger partial charge in [0.2, 0.25) is 0 Å². The molecule has 1 heteroatoms. The second kappa shape index (κ2) is 4.18. The molecule has 1 unspecified atom stereocenters. The maximum atomic E-state index is 11.3. The lowest BCUT2D eigenvalue weighted by molar-refractivity contribution is -0.167. The van der Waals surface area contributed by atoms with E-state index in [9.17, 15) is 5.11 Å². The van der Waals surface area contributed by atoms with E-state index in [-0.39, 0.29) is 10.8 Å². The van der Waals surface area contributed by atoms with Crippen molar-refractivity contribution in [1.82, 2.24) is 0 Å². The molecule has 1 nitrogen and oxygen atoms in total. The molecule has 0 aromatic carbocycles. The molecule has 0 saturated heterocycles. The predicted molar refractivity (Wildman–Crippen MR) is 70.3 cm³/mol. The summed E-state index contributed by atoms with van der Waals surface area (Å²) in [7, 11) is 0. The topological polar surface area (TPSA) is 20.2 Å². The molecule has 1 rings (SSSR count). The summed E-state index contributed by atoms with van der Waals surface area (Å²) < 4.78 is 0. The molecule has 1 aliphatic carbocycles. The van der Waals surface area contributed by atoms with Crippen LogP contribution in [0.3, 0.4) is 0 Å². The van der Waals surface area contributed by atoms with Gasteiger partial charge in [-0.2, -0.15) is 0 Å². The Morgan fingerprint density at radius 2 is 1.50 bits per heavy atom. The van der Waals surface area contributed by atoms with E-state index in [1.807, 2.05) is 0 Å². The first-order valence-electron chi connectivity index (χ1n) is 6.50. The fourth-order valence-electron chi connectivity index (χ4n) is 3.40. The minimum Gasteiger partial charge on any atom is -0.388 e. The lowest BCUT2D eigenvalue weighted by atomic mass is 9.55. The predicted octanol–water partition coefficient (Wildman–Crippen LogP) is 4.17. The van der Waals surface area contributed by atoms with Gasteiger partial charge in [0.05, 0.1) is 5.60 Å². The number of allylic oxidation sites excluding steroid dienone is 1. The summed E-state index contributed by atoms with van der Waals surface area (Å²) in [4.78, 5) is 0. The van der Waals surface area contributed by atoms with Crippen LogP contribution in [0, 0.1) is 16.7 Å². The average molecular weight is 224 g/mol. The Hall–Kier alpha value is -0.300. The molecule has 0 aromatic heterocycles. The average Bonchev–Trinajstić information content (AvgIpc) is 2.14. The van der Waals surface area contributed by atoms with Gasteiger partial charge in [0.15, 0.2) is 0 Å². The highest BCUT2D eigenvalue weighted by atomic mass is 16.3. The van der Waals surface area contributed by atoms with Gasteiger partial charge in [-0.1, -0.05) is 53.7 Å². The molecule has 0 saturated carbocycles. The van der Waals surface area contributed by atoms with Crippen molar-refractivity contribution in [2.24, 2.45) is 16.7 Å². The van der Waals surface area contributed by atoms with Crippen molar-refractivity contribution in [2.75, 3.05) is 0 Å². The number of hydrogen-bond donors (Lipinski definition) is 1. The summed E-state index contributed by atoms with van der Waals surface area (Å²) in [6.45, 7) is 12.9. The summed E-state index contributed by atoms with van der Waals surface area (Å²) in [5, 5.41) is 11.3. The van der Waals surface area contributed by atoms with E-state index in [1.165, 1.54) is 12.8 Å². The van der Waals surface area contributed by atoms with Crippen LogP contribution in [0.4, 0.5) is 0 Å². The second-order valence-electron chi connectivity index (χ2n) is 7.23. The standard InChI is InChI=1S/C15H28O/c1-13(2,3)15(16,14(4,5)6)12-10-8-7-9-11-12/h8,10,12,16H,7,9,11H2,1-6H3. The van der Waals surface area contributed by atoms with Gasteiger partial charge in [0.25, 0.3) is 0 Å². The Morgan fingerprint density at radius 3 is 1.81 bits per heavy atom. The Bertz CT molecular complexity index is 248. The molecule has 1 atom stereocenters. The monoisotopic (exact) mass is 224 g/mol. The third-order valence-electron chi connectivity index (χ3n) is 4.08. The van der Waals surface area contributed by atoms with Crippen LogP contribution in [-0.2, 0) is 0 Å². The SMILES string of the molecule is CC(C)(C)C(O)(C1C=CCCC1)C(C)(C)C. The molecule has 0 fully saturated rings. The Balaban J connectivity index is 3.14. The van der Waals surface area contributed by atoms with Crippen LogP contribution in [0.15, 0.2) is 12.2 Å². The molecule has 16 heavy (non-hydrogen) atoms. The molecule has 0 amide bonds. The van der Waals surface area contributed by atoms with Crippen molar-refractivity contribution >= 4 is 0 Å². The van der Waals surface area contributed by atoms with Crippen molar-refractivity contribution in [3.05, 3.63) is 12.2 Å². The maximum Gasteiger partial charge on any atom is 0.0805 e. The van der Waals surface area contributed by atoms with E-state index in [2.05, 4.69) is 53.7 Å². The Kier molecular flexibility index (Phi) is 3.59. The van der Waals surface area contributed by atoms with Crippen molar-refractivity contribution in [3.63, 3.8) is 0 Å². The zero-order valence-electron chi connectivity index (χ0n) is 11.8. The first-order valence-corrected chi connectivity index (χ1v) is 6.50. The molecule has 0 radical (unpaired) electrons. The number of aliphatic hydroxyl groups is 1. The zero-order chi connectivity index (χ0) is 12.6. The van der Waals surface area contributed by atoms with Crippen LogP contribution in [0.2, 0.25) is 0 Å². The van der Waals surface area contributed by atoms with Gasteiger partial charge in [-0.3, -0.25) is 0 Å². The molecule has 1 aliphatic rings. The summed E-state index contributed by atoms with van der Waals surface area (Å²) in [5.41, 5.74) is -0.841. The highest BCUT2D eigenvalue weighted by molar-refractivity contribution is 5.11. The lowest BCUT2D eigenvalue weighted by Crippen LogP contribution is -2.58. The quantitative estimate of drug-likeness (QED) is 0.663. The van der Waals surface area contributed by atoms with Gasteiger partial charge < -0.3 is 5.11 Å². The smallest absolute Gasteiger partial charge is 0.0805 e. The maximum absolute atomic E-state index is 11.3. The van der Waals surface area contributed by atoms with E-state index >= 15 is 0 Å². The van der Waals surface area contributed by atoms with Crippen LogP contribution >= 0.6 is 0 Å². The number of rotatable bonds is 1. The molecular weight excluding hydrogens is 196 g/mol. The van der Waals surface area contributed by atoms with Crippen LogP contribution < -0.4 is 0 Å². The van der Waals surface area contributed by atoms with Crippen LogP contribution in [0.5, 0.6) is 0 Å². The molecule has 0 aromatic rings.